The number of hydrogen-bond acceptors (Lipinski definition) is 2. The summed E-state index contributed by atoms with van der Waals surface area (Å²) in [5.74, 6) is 0. The van der Waals surface area contributed by atoms with Crippen LogP contribution in [-0.4, -0.2) is 24.8 Å². The van der Waals surface area contributed by atoms with Crippen LogP contribution in [-0.2, 0) is 17.8 Å². The monoisotopic (exact) mass is 286 g/mol. The van der Waals surface area contributed by atoms with Crippen LogP contribution < -0.4 is 5.32 Å². The summed E-state index contributed by atoms with van der Waals surface area (Å²) in [7, 11) is 1.73. The second-order valence-corrected chi connectivity index (χ2v) is 5.64. The highest BCUT2D eigenvalue weighted by Gasteiger charge is 2.09. The maximum absolute atomic E-state index is 5.06. The second-order valence-electron chi connectivity index (χ2n) is 5.64. The fourth-order valence-electron chi connectivity index (χ4n) is 2.57. The van der Waals surface area contributed by atoms with Gasteiger partial charge in [-0.2, -0.15) is 0 Å². The van der Waals surface area contributed by atoms with Crippen molar-refractivity contribution in [2.75, 3.05) is 20.3 Å². The van der Waals surface area contributed by atoms with E-state index in [4.69, 9.17) is 4.74 Å². The van der Waals surface area contributed by atoms with Crippen molar-refractivity contribution in [1.29, 1.82) is 0 Å². The van der Waals surface area contributed by atoms with Gasteiger partial charge < -0.3 is 14.6 Å². The minimum Gasteiger partial charge on any atom is -0.383 e. The normalized spacial score (nSPS) is 11.0. The van der Waals surface area contributed by atoms with Crippen LogP contribution in [0.15, 0.2) is 30.3 Å². The summed E-state index contributed by atoms with van der Waals surface area (Å²) in [4.78, 5) is 0. The van der Waals surface area contributed by atoms with Crippen LogP contribution in [0.3, 0.4) is 0 Å². The van der Waals surface area contributed by atoms with E-state index < -0.39 is 0 Å². The van der Waals surface area contributed by atoms with E-state index in [2.05, 4.69) is 61.0 Å². The number of aromatic nitrogens is 1. The number of hydrogen-bond donors (Lipinski definition) is 1. The molecule has 1 heterocycles. The molecule has 1 N–H and O–H groups in total. The van der Waals surface area contributed by atoms with Crippen LogP contribution in [0.1, 0.15) is 28.1 Å². The van der Waals surface area contributed by atoms with Crippen molar-refractivity contribution in [2.45, 2.75) is 33.9 Å². The van der Waals surface area contributed by atoms with E-state index in [1.54, 1.807) is 7.11 Å². The topological polar surface area (TPSA) is 26.2 Å². The lowest BCUT2D eigenvalue weighted by molar-refractivity contribution is 0.199. The molecule has 3 heteroatoms. The first-order valence-electron chi connectivity index (χ1n) is 7.52. The first-order valence-corrected chi connectivity index (χ1v) is 7.52. The number of benzene rings is 1. The van der Waals surface area contributed by atoms with Gasteiger partial charge >= 0.3 is 0 Å². The van der Waals surface area contributed by atoms with Crippen molar-refractivity contribution in [3.05, 3.63) is 58.4 Å². The first kappa shape index (κ1) is 15.8. The summed E-state index contributed by atoms with van der Waals surface area (Å²) >= 11 is 0. The van der Waals surface area contributed by atoms with Crippen LogP contribution >= 0.6 is 0 Å². The van der Waals surface area contributed by atoms with E-state index in [-0.39, 0.29) is 0 Å². The molecule has 1 aromatic heterocycles. The molecular weight excluding hydrogens is 260 g/mol. The number of ether oxygens (including phenoxy) is 1. The third kappa shape index (κ3) is 4.19. The summed E-state index contributed by atoms with van der Waals surface area (Å²) in [5, 5.41) is 3.42. The van der Waals surface area contributed by atoms with Crippen molar-refractivity contribution in [3.63, 3.8) is 0 Å². The van der Waals surface area contributed by atoms with E-state index in [0.29, 0.717) is 0 Å². The molecule has 0 atom stereocenters. The van der Waals surface area contributed by atoms with Gasteiger partial charge in [-0.1, -0.05) is 29.8 Å². The molecule has 21 heavy (non-hydrogen) atoms. The van der Waals surface area contributed by atoms with Gasteiger partial charge in [0.05, 0.1) is 6.61 Å². The predicted molar refractivity (Wildman–Crippen MR) is 87.8 cm³/mol. The lowest BCUT2D eigenvalue weighted by atomic mass is 10.1. The lowest BCUT2D eigenvalue weighted by Crippen LogP contribution is -2.18. The summed E-state index contributed by atoms with van der Waals surface area (Å²) in [5.41, 5.74) is 6.69. The predicted octanol–water partition coefficient (Wildman–Crippen LogP) is 3.20. The maximum Gasteiger partial charge on any atom is 0.0587 e. The zero-order valence-corrected chi connectivity index (χ0v) is 13.6. The fraction of sp³-hybridized carbons (Fsp3) is 0.444. The third-order valence-electron chi connectivity index (χ3n) is 3.94. The molecule has 0 fully saturated rings. The minimum absolute atomic E-state index is 0.752. The van der Waals surface area contributed by atoms with Crippen LogP contribution in [0, 0.1) is 20.8 Å². The van der Waals surface area contributed by atoms with E-state index >= 15 is 0 Å². The maximum atomic E-state index is 5.06. The quantitative estimate of drug-likeness (QED) is 0.791. The molecule has 0 radical (unpaired) electrons. The molecule has 0 aliphatic rings. The Bertz CT molecular complexity index is 570. The largest absolute Gasteiger partial charge is 0.383 e. The van der Waals surface area contributed by atoms with Crippen molar-refractivity contribution < 1.29 is 4.74 Å². The Morgan fingerprint density at radius 1 is 1.10 bits per heavy atom. The zero-order valence-electron chi connectivity index (χ0n) is 13.6. The number of rotatable bonds is 7. The summed E-state index contributed by atoms with van der Waals surface area (Å²) in [6.07, 6.45) is 0. The molecule has 0 amide bonds. The van der Waals surface area contributed by atoms with Gasteiger partial charge in [0.2, 0.25) is 0 Å². The molecule has 0 aliphatic heterocycles. The van der Waals surface area contributed by atoms with Crippen LogP contribution in [0.2, 0.25) is 0 Å². The Morgan fingerprint density at radius 2 is 1.81 bits per heavy atom. The SMILES string of the molecule is COCCNCc1cc(C)n(Cc2ccc(C)cc2)c1C. The smallest absolute Gasteiger partial charge is 0.0587 e. The first-order chi connectivity index (χ1) is 10.1. The third-order valence-corrected chi connectivity index (χ3v) is 3.94. The molecule has 1 aromatic carbocycles. The highest BCUT2D eigenvalue weighted by atomic mass is 16.5. The molecule has 0 spiro atoms. The molecule has 2 aromatic rings. The molecular formula is C18H26N2O. The molecule has 3 nitrogen and oxygen atoms in total. The molecule has 0 saturated carbocycles. The van der Waals surface area contributed by atoms with E-state index in [0.717, 1.165) is 26.2 Å². The van der Waals surface area contributed by atoms with Gasteiger partial charge in [0.25, 0.3) is 0 Å². The van der Waals surface area contributed by atoms with Gasteiger partial charge in [-0.3, -0.25) is 0 Å². The zero-order chi connectivity index (χ0) is 15.2. The number of methoxy groups -OCH3 is 1. The van der Waals surface area contributed by atoms with Crippen LogP contribution in [0.5, 0.6) is 0 Å². The molecule has 0 bridgehead atoms. The van der Waals surface area contributed by atoms with Gasteiger partial charge in [-0.25, -0.2) is 0 Å². The van der Waals surface area contributed by atoms with E-state index in [9.17, 15) is 0 Å². The highest BCUT2D eigenvalue weighted by molar-refractivity contribution is 5.29. The summed E-state index contributed by atoms with van der Waals surface area (Å²) in [6, 6.07) is 11.1. The fourth-order valence-corrected chi connectivity index (χ4v) is 2.57. The Labute approximate surface area is 127 Å². The lowest BCUT2D eigenvalue weighted by Gasteiger charge is -2.11. The average molecular weight is 286 g/mol. The molecule has 0 unspecified atom stereocenters. The summed E-state index contributed by atoms with van der Waals surface area (Å²) < 4.78 is 7.45. The van der Waals surface area contributed by atoms with Crippen molar-refractivity contribution in [1.82, 2.24) is 9.88 Å². The van der Waals surface area contributed by atoms with E-state index in [1.165, 1.54) is 28.1 Å². The number of aryl methyl sites for hydroxylation is 2. The Morgan fingerprint density at radius 3 is 2.48 bits per heavy atom. The van der Waals surface area contributed by atoms with Gasteiger partial charge in [-0.05, 0) is 38.0 Å². The van der Waals surface area contributed by atoms with Gasteiger partial charge in [0.15, 0.2) is 0 Å². The second kappa shape index (κ2) is 7.43. The molecule has 0 aliphatic carbocycles. The van der Waals surface area contributed by atoms with Gasteiger partial charge in [0.1, 0.15) is 0 Å². The van der Waals surface area contributed by atoms with Crippen molar-refractivity contribution in [2.24, 2.45) is 0 Å². The van der Waals surface area contributed by atoms with Crippen LogP contribution in [0.4, 0.5) is 0 Å². The highest BCUT2D eigenvalue weighted by Crippen LogP contribution is 2.17. The Hall–Kier alpha value is -1.58. The minimum atomic E-state index is 0.752. The number of nitrogens with one attached hydrogen (secondary N) is 1. The standard InChI is InChI=1S/C18H26N2O/c1-14-5-7-17(8-6-14)13-20-15(2)11-18(16(20)3)12-19-9-10-21-4/h5-8,11,19H,9-10,12-13H2,1-4H3. The summed E-state index contributed by atoms with van der Waals surface area (Å²) in [6.45, 7) is 9.99. The number of nitrogens with zero attached hydrogens (tertiary/aromatic N) is 1. The Balaban J connectivity index is 2.06. The molecule has 2 rings (SSSR count). The van der Waals surface area contributed by atoms with Gasteiger partial charge in [0, 0.05) is 38.1 Å². The average Bonchev–Trinajstić information content (AvgIpc) is 2.73. The van der Waals surface area contributed by atoms with Gasteiger partial charge in [-0.15, -0.1) is 0 Å². The Kier molecular flexibility index (Phi) is 5.59. The van der Waals surface area contributed by atoms with E-state index in [1.807, 2.05) is 0 Å². The molecule has 0 saturated heterocycles. The van der Waals surface area contributed by atoms with Crippen LogP contribution in [0.25, 0.3) is 0 Å². The van der Waals surface area contributed by atoms with Crippen molar-refractivity contribution >= 4 is 0 Å². The molecule has 114 valence electrons. The van der Waals surface area contributed by atoms with Crippen molar-refractivity contribution in [3.8, 4) is 0 Å².